The maximum Gasteiger partial charge on any atom is 0.0823 e. The van der Waals surface area contributed by atoms with Crippen LogP contribution in [0.1, 0.15) is 19.8 Å². The van der Waals surface area contributed by atoms with E-state index >= 15 is 0 Å². The van der Waals surface area contributed by atoms with E-state index in [1.165, 1.54) is 0 Å². The van der Waals surface area contributed by atoms with Crippen LogP contribution >= 0.6 is 23.2 Å². The van der Waals surface area contributed by atoms with Crippen molar-refractivity contribution in [3.05, 3.63) is 28.2 Å². The van der Waals surface area contributed by atoms with E-state index < -0.39 is 0 Å². The first-order valence-electron chi connectivity index (χ1n) is 5.51. The van der Waals surface area contributed by atoms with Gasteiger partial charge in [0.25, 0.3) is 0 Å². The third-order valence-corrected chi connectivity index (χ3v) is 2.97. The quantitative estimate of drug-likeness (QED) is 0.743. The van der Waals surface area contributed by atoms with E-state index in [2.05, 4.69) is 12.2 Å². The minimum absolute atomic E-state index is 0.567. The van der Waals surface area contributed by atoms with Gasteiger partial charge in [-0.1, -0.05) is 42.6 Å². The molecule has 0 aliphatic heterocycles. The molecule has 1 rings (SSSR count). The van der Waals surface area contributed by atoms with Crippen molar-refractivity contribution in [1.29, 1.82) is 0 Å². The fraction of sp³-hybridized carbons (Fsp3) is 0.500. The average molecular weight is 262 g/mol. The molecule has 0 saturated carbocycles. The number of unbranched alkanes of at least 4 members (excludes halogenated alkanes) is 1. The standard InChI is InChI=1S/C12H17Cl2NO/c1-2-3-8-16-9-7-15-11-6-4-5-10(13)12(11)14/h4-6,15H,2-3,7-9H2,1H3. The molecule has 2 nitrogen and oxygen atoms in total. The minimum Gasteiger partial charge on any atom is -0.381 e. The first-order chi connectivity index (χ1) is 7.75. The van der Waals surface area contributed by atoms with Gasteiger partial charge in [-0.05, 0) is 18.6 Å². The number of anilines is 1. The second-order valence-electron chi connectivity index (χ2n) is 3.49. The van der Waals surface area contributed by atoms with Crippen LogP contribution in [0, 0.1) is 0 Å². The molecule has 0 bridgehead atoms. The molecule has 1 aromatic rings. The normalized spacial score (nSPS) is 10.4. The fourth-order valence-corrected chi connectivity index (χ4v) is 1.61. The molecule has 0 amide bonds. The van der Waals surface area contributed by atoms with Crippen LogP contribution in [0.4, 0.5) is 5.69 Å². The molecule has 90 valence electrons. The van der Waals surface area contributed by atoms with Gasteiger partial charge in [0, 0.05) is 13.2 Å². The molecular formula is C12H17Cl2NO. The monoisotopic (exact) mass is 261 g/mol. The van der Waals surface area contributed by atoms with Gasteiger partial charge in [0.2, 0.25) is 0 Å². The molecule has 1 aromatic carbocycles. The van der Waals surface area contributed by atoms with E-state index in [1.54, 1.807) is 6.07 Å². The smallest absolute Gasteiger partial charge is 0.0823 e. The van der Waals surface area contributed by atoms with Crippen LogP contribution in [-0.4, -0.2) is 19.8 Å². The molecular weight excluding hydrogens is 245 g/mol. The summed E-state index contributed by atoms with van der Waals surface area (Å²) in [6, 6.07) is 5.54. The zero-order chi connectivity index (χ0) is 11.8. The van der Waals surface area contributed by atoms with Crippen LogP contribution in [0.2, 0.25) is 10.0 Å². The van der Waals surface area contributed by atoms with Gasteiger partial charge in [0.05, 0.1) is 22.3 Å². The summed E-state index contributed by atoms with van der Waals surface area (Å²) in [5.74, 6) is 0. The van der Waals surface area contributed by atoms with Crippen molar-refractivity contribution in [2.75, 3.05) is 25.1 Å². The van der Waals surface area contributed by atoms with Gasteiger partial charge in [0.15, 0.2) is 0 Å². The van der Waals surface area contributed by atoms with E-state index in [0.29, 0.717) is 16.7 Å². The minimum atomic E-state index is 0.567. The summed E-state index contributed by atoms with van der Waals surface area (Å²) in [5, 5.41) is 4.32. The van der Waals surface area contributed by atoms with E-state index in [4.69, 9.17) is 27.9 Å². The maximum atomic E-state index is 6.02. The predicted molar refractivity (Wildman–Crippen MR) is 70.7 cm³/mol. The highest BCUT2D eigenvalue weighted by molar-refractivity contribution is 6.43. The van der Waals surface area contributed by atoms with Crippen LogP contribution in [0.3, 0.4) is 0 Å². The lowest BCUT2D eigenvalue weighted by molar-refractivity contribution is 0.141. The first-order valence-corrected chi connectivity index (χ1v) is 6.27. The lowest BCUT2D eigenvalue weighted by atomic mass is 10.3. The molecule has 0 heterocycles. The third-order valence-electron chi connectivity index (χ3n) is 2.16. The second kappa shape index (κ2) is 7.77. The van der Waals surface area contributed by atoms with E-state index in [1.807, 2.05) is 12.1 Å². The van der Waals surface area contributed by atoms with E-state index in [-0.39, 0.29) is 0 Å². The maximum absolute atomic E-state index is 6.02. The van der Waals surface area contributed by atoms with Crippen molar-refractivity contribution in [2.24, 2.45) is 0 Å². The molecule has 0 saturated heterocycles. The molecule has 0 aliphatic rings. The van der Waals surface area contributed by atoms with E-state index in [0.717, 1.165) is 31.7 Å². The van der Waals surface area contributed by atoms with Gasteiger partial charge < -0.3 is 10.1 Å². The number of nitrogens with one attached hydrogen (secondary N) is 1. The average Bonchev–Trinajstić information content (AvgIpc) is 2.29. The van der Waals surface area contributed by atoms with Crippen molar-refractivity contribution in [3.8, 4) is 0 Å². The number of rotatable bonds is 7. The molecule has 0 spiro atoms. The Morgan fingerprint density at radius 2 is 2.06 bits per heavy atom. The summed E-state index contributed by atoms with van der Waals surface area (Å²) in [5.41, 5.74) is 0.855. The predicted octanol–water partition coefficient (Wildman–Crippen LogP) is 4.22. The topological polar surface area (TPSA) is 21.3 Å². The van der Waals surface area contributed by atoms with Crippen LogP contribution in [0.15, 0.2) is 18.2 Å². The zero-order valence-corrected chi connectivity index (χ0v) is 10.9. The summed E-state index contributed by atoms with van der Waals surface area (Å²) >= 11 is 11.9. The van der Waals surface area contributed by atoms with Crippen LogP contribution in [0.25, 0.3) is 0 Å². The molecule has 0 fully saturated rings. The number of hydrogen-bond acceptors (Lipinski definition) is 2. The molecule has 0 aromatic heterocycles. The Balaban J connectivity index is 2.24. The van der Waals surface area contributed by atoms with E-state index in [9.17, 15) is 0 Å². The Labute approximate surface area is 107 Å². The third kappa shape index (κ3) is 4.60. The van der Waals surface area contributed by atoms with Crippen molar-refractivity contribution < 1.29 is 4.74 Å². The van der Waals surface area contributed by atoms with Gasteiger partial charge >= 0.3 is 0 Å². The van der Waals surface area contributed by atoms with Crippen molar-refractivity contribution >= 4 is 28.9 Å². The summed E-state index contributed by atoms with van der Waals surface area (Å²) in [7, 11) is 0. The van der Waals surface area contributed by atoms with Gasteiger partial charge in [-0.15, -0.1) is 0 Å². The highest BCUT2D eigenvalue weighted by Gasteiger charge is 2.02. The van der Waals surface area contributed by atoms with Crippen molar-refractivity contribution in [1.82, 2.24) is 0 Å². The van der Waals surface area contributed by atoms with Gasteiger partial charge in [-0.2, -0.15) is 0 Å². The second-order valence-corrected chi connectivity index (χ2v) is 4.28. The summed E-state index contributed by atoms with van der Waals surface area (Å²) in [6.45, 7) is 4.39. The zero-order valence-electron chi connectivity index (χ0n) is 9.43. The first kappa shape index (κ1) is 13.6. The SMILES string of the molecule is CCCCOCCNc1cccc(Cl)c1Cl. The largest absolute Gasteiger partial charge is 0.381 e. The Kier molecular flexibility index (Phi) is 6.62. The van der Waals surface area contributed by atoms with Crippen molar-refractivity contribution in [2.45, 2.75) is 19.8 Å². The Morgan fingerprint density at radius 1 is 1.25 bits per heavy atom. The molecule has 4 heteroatoms. The molecule has 1 N–H and O–H groups in total. The van der Waals surface area contributed by atoms with Gasteiger partial charge in [-0.25, -0.2) is 0 Å². The summed E-state index contributed by atoms with van der Waals surface area (Å²) < 4.78 is 5.43. The highest BCUT2D eigenvalue weighted by Crippen LogP contribution is 2.29. The van der Waals surface area contributed by atoms with Crippen LogP contribution in [-0.2, 0) is 4.74 Å². The molecule has 0 aliphatic carbocycles. The van der Waals surface area contributed by atoms with Gasteiger partial charge in [-0.3, -0.25) is 0 Å². The Morgan fingerprint density at radius 3 is 2.81 bits per heavy atom. The van der Waals surface area contributed by atoms with Crippen LogP contribution < -0.4 is 5.32 Å². The van der Waals surface area contributed by atoms with Crippen molar-refractivity contribution in [3.63, 3.8) is 0 Å². The summed E-state index contributed by atoms with van der Waals surface area (Å²) in [4.78, 5) is 0. The number of ether oxygens (including phenoxy) is 1. The molecule has 0 unspecified atom stereocenters. The highest BCUT2D eigenvalue weighted by atomic mass is 35.5. The molecule has 0 radical (unpaired) electrons. The molecule has 16 heavy (non-hydrogen) atoms. The number of hydrogen-bond donors (Lipinski definition) is 1. The van der Waals surface area contributed by atoms with Gasteiger partial charge in [0.1, 0.15) is 0 Å². The Hall–Kier alpha value is -0.440. The lowest BCUT2D eigenvalue weighted by Crippen LogP contribution is -2.10. The Bertz CT molecular complexity index is 318. The number of benzene rings is 1. The lowest BCUT2D eigenvalue weighted by Gasteiger charge is -2.09. The fourth-order valence-electron chi connectivity index (χ4n) is 1.25. The molecule has 0 atom stereocenters. The number of halogens is 2. The summed E-state index contributed by atoms with van der Waals surface area (Å²) in [6.07, 6.45) is 2.27. The van der Waals surface area contributed by atoms with Crippen LogP contribution in [0.5, 0.6) is 0 Å².